The molecule has 3 aromatic heterocycles. The number of fused-ring (bicyclic) bond motifs is 1. The largest absolute Gasteiger partial charge is 0.493 e. The molecule has 0 spiro atoms. The average molecular weight is 520 g/mol. The third-order valence-electron chi connectivity index (χ3n) is 6.80. The molecule has 1 amide bonds. The van der Waals surface area contributed by atoms with E-state index in [-0.39, 0.29) is 11.9 Å². The van der Waals surface area contributed by atoms with Gasteiger partial charge in [-0.2, -0.15) is 4.98 Å². The Morgan fingerprint density at radius 1 is 1.08 bits per heavy atom. The number of anilines is 3. The second-order valence-electron chi connectivity index (χ2n) is 9.32. The molecule has 2 fully saturated rings. The van der Waals surface area contributed by atoms with E-state index in [0.717, 1.165) is 31.4 Å². The van der Waals surface area contributed by atoms with Crippen molar-refractivity contribution < 1.29 is 23.4 Å². The molecular weight excluding hydrogens is 490 g/mol. The lowest BCUT2D eigenvalue weighted by Crippen LogP contribution is -2.44. The standard InChI is InChI=1S/C26H29N7O5/c1-35-19-11-16(12-20(36-2)23(19)37-3)32-13-21(27-14-32)30-24-22-17(8-10-38-22)29-26(31-24)33-9-4-5-18(33)25(34)28-15-6-7-15/h8,10-15,18H,4-7,9H2,1-3H3,(H,28,34)(H,29,30,31)/t18-/m0/s1. The van der Waals surface area contributed by atoms with E-state index < -0.39 is 0 Å². The van der Waals surface area contributed by atoms with Crippen molar-refractivity contribution in [1.82, 2.24) is 24.8 Å². The molecule has 4 heterocycles. The number of nitrogens with zero attached hydrogens (tertiary/aromatic N) is 5. The van der Waals surface area contributed by atoms with Gasteiger partial charge in [-0.3, -0.25) is 4.79 Å². The molecule has 1 aliphatic carbocycles. The number of carbonyl (C=O) groups excluding carboxylic acids is 1. The topological polar surface area (TPSA) is 129 Å². The van der Waals surface area contributed by atoms with Gasteiger partial charge in [0, 0.05) is 30.8 Å². The lowest BCUT2D eigenvalue weighted by molar-refractivity contribution is -0.122. The van der Waals surface area contributed by atoms with Gasteiger partial charge in [0.15, 0.2) is 22.9 Å². The molecule has 0 radical (unpaired) electrons. The highest BCUT2D eigenvalue weighted by Gasteiger charge is 2.35. The Labute approximate surface area is 218 Å². The van der Waals surface area contributed by atoms with Gasteiger partial charge in [0.1, 0.15) is 23.7 Å². The molecule has 1 atom stereocenters. The quantitative estimate of drug-likeness (QED) is 0.339. The highest BCUT2D eigenvalue weighted by Crippen LogP contribution is 2.39. The zero-order valence-corrected chi connectivity index (χ0v) is 21.4. The summed E-state index contributed by atoms with van der Waals surface area (Å²) in [6.07, 6.45) is 8.83. The summed E-state index contributed by atoms with van der Waals surface area (Å²) in [5, 5.41) is 6.38. The number of benzene rings is 1. The van der Waals surface area contributed by atoms with Crippen LogP contribution in [-0.4, -0.2) is 65.4 Å². The fraction of sp³-hybridized carbons (Fsp3) is 0.385. The van der Waals surface area contributed by atoms with Crippen LogP contribution in [0.15, 0.2) is 41.4 Å². The molecule has 0 unspecified atom stereocenters. The van der Waals surface area contributed by atoms with Crippen LogP contribution in [0.1, 0.15) is 25.7 Å². The molecular formula is C26H29N7O5. The molecule has 12 nitrogen and oxygen atoms in total. The summed E-state index contributed by atoms with van der Waals surface area (Å²) in [5.74, 6) is 3.13. The molecule has 1 aromatic carbocycles. The van der Waals surface area contributed by atoms with E-state index in [4.69, 9.17) is 28.6 Å². The Morgan fingerprint density at radius 2 is 1.87 bits per heavy atom. The summed E-state index contributed by atoms with van der Waals surface area (Å²) in [4.78, 5) is 28.8. The van der Waals surface area contributed by atoms with Crippen molar-refractivity contribution in [2.75, 3.05) is 38.1 Å². The minimum Gasteiger partial charge on any atom is -0.493 e. The van der Waals surface area contributed by atoms with Crippen molar-refractivity contribution in [3.8, 4) is 22.9 Å². The van der Waals surface area contributed by atoms with Gasteiger partial charge >= 0.3 is 0 Å². The summed E-state index contributed by atoms with van der Waals surface area (Å²) < 4.78 is 23.9. The van der Waals surface area contributed by atoms with Gasteiger partial charge in [0.2, 0.25) is 17.6 Å². The van der Waals surface area contributed by atoms with E-state index in [1.54, 1.807) is 40.0 Å². The molecule has 38 heavy (non-hydrogen) atoms. The Hall–Kier alpha value is -4.48. The first-order valence-corrected chi connectivity index (χ1v) is 12.5. The number of hydrogen-bond donors (Lipinski definition) is 2. The molecule has 1 saturated heterocycles. The second-order valence-corrected chi connectivity index (χ2v) is 9.32. The maximum absolute atomic E-state index is 12.9. The number of ether oxygens (including phenoxy) is 3. The van der Waals surface area contributed by atoms with Gasteiger partial charge in [0.25, 0.3) is 0 Å². The summed E-state index contributed by atoms with van der Waals surface area (Å²) in [6.45, 7) is 0.710. The molecule has 4 aromatic rings. The van der Waals surface area contributed by atoms with E-state index in [9.17, 15) is 4.79 Å². The van der Waals surface area contributed by atoms with Gasteiger partial charge in [-0.05, 0) is 25.7 Å². The molecule has 1 saturated carbocycles. The summed E-state index contributed by atoms with van der Waals surface area (Å²) >= 11 is 0. The molecule has 0 bridgehead atoms. The molecule has 1 aliphatic heterocycles. The van der Waals surface area contributed by atoms with Gasteiger partial charge < -0.3 is 38.7 Å². The van der Waals surface area contributed by atoms with Crippen molar-refractivity contribution in [1.29, 1.82) is 0 Å². The number of furan rings is 1. The van der Waals surface area contributed by atoms with Crippen molar-refractivity contribution in [2.45, 2.75) is 37.8 Å². The van der Waals surface area contributed by atoms with Crippen LogP contribution in [0.3, 0.4) is 0 Å². The van der Waals surface area contributed by atoms with Crippen LogP contribution in [0.4, 0.5) is 17.6 Å². The third kappa shape index (κ3) is 4.42. The Bertz CT molecular complexity index is 1450. The van der Waals surface area contributed by atoms with E-state index in [1.807, 2.05) is 27.8 Å². The SMILES string of the molecule is COc1cc(-n2cnc(Nc3nc(N4CCC[C@H]4C(=O)NC4CC4)nc4ccoc34)c2)cc(OC)c1OC. The Balaban J connectivity index is 1.29. The maximum Gasteiger partial charge on any atom is 0.243 e. The number of nitrogens with one attached hydrogen (secondary N) is 2. The monoisotopic (exact) mass is 519 g/mol. The highest BCUT2D eigenvalue weighted by molar-refractivity contribution is 5.89. The van der Waals surface area contributed by atoms with Crippen LogP contribution in [-0.2, 0) is 4.79 Å². The first-order valence-electron chi connectivity index (χ1n) is 12.5. The van der Waals surface area contributed by atoms with Crippen LogP contribution in [0.5, 0.6) is 17.2 Å². The summed E-state index contributed by atoms with van der Waals surface area (Å²) in [5.41, 5.74) is 1.93. The fourth-order valence-electron chi connectivity index (χ4n) is 4.73. The first kappa shape index (κ1) is 23.9. The molecule has 2 aliphatic rings. The third-order valence-corrected chi connectivity index (χ3v) is 6.80. The first-order chi connectivity index (χ1) is 18.6. The number of imidazole rings is 1. The lowest BCUT2D eigenvalue weighted by Gasteiger charge is -2.24. The van der Waals surface area contributed by atoms with Crippen molar-refractivity contribution in [2.24, 2.45) is 0 Å². The van der Waals surface area contributed by atoms with Crippen molar-refractivity contribution >= 4 is 34.6 Å². The van der Waals surface area contributed by atoms with Crippen LogP contribution < -0.4 is 29.7 Å². The number of aromatic nitrogens is 4. The van der Waals surface area contributed by atoms with E-state index in [0.29, 0.717) is 58.5 Å². The number of rotatable bonds is 9. The molecule has 12 heteroatoms. The predicted molar refractivity (Wildman–Crippen MR) is 140 cm³/mol. The van der Waals surface area contributed by atoms with E-state index in [2.05, 4.69) is 15.6 Å². The van der Waals surface area contributed by atoms with Gasteiger partial charge in [0.05, 0.1) is 39.5 Å². The lowest BCUT2D eigenvalue weighted by atomic mass is 10.2. The zero-order valence-electron chi connectivity index (χ0n) is 21.4. The van der Waals surface area contributed by atoms with E-state index in [1.165, 1.54) is 0 Å². The van der Waals surface area contributed by atoms with Gasteiger partial charge in [-0.15, -0.1) is 0 Å². The van der Waals surface area contributed by atoms with Crippen LogP contribution in [0, 0.1) is 0 Å². The van der Waals surface area contributed by atoms with Crippen LogP contribution in [0.2, 0.25) is 0 Å². The van der Waals surface area contributed by atoms with Crippen molar-refractivity contribution in [3.63, 3.8) is 0 Å². The van der Waals surface area contributed by atoms with Crippen LogP contribution in [0.25, 0.3) is 16.8 Å². The second kappa shape index (κ2) is 9.77. The normalized spacial score (nSPS) is 17.0. The smallest absolute Gasteiger partial charge is 0.243 e. The zero-order chi connectivity index (χ0) is 26.2. The summed E-state index contributed by atoms with van der Waals surface area (Å²) in [6, 6.07) is 5.48. The molecule has 2 N–H and O–H groups in total. The van der Waals surface area contributed by atoms with Crippen LogP contribution >= 0.6 is 0 Å². The highest BCUT2D eigenvalue weighted by atomic mass is 16.5. The minimum atomic E-state index is -0.285. The maximum atomic E-state index is 12.9. The summed E-state index contributed by atoms with van der Waals surface area (Å²) in [7, 11) is 4.71. The van der Waals surface area contributed by atoms with E-state index >= 15 is 0 Å². The van der Waals surface area contributed by atoms with Crippen molar-refractivity contribution in [3.05, 3.63) is 37.0 Å². The van der Waals surface area contributed by atoms with Gasteiger partial charge in [-0.25, -0.2) is 9.97 Å². The minimum absolute atomic E-state index is 0.0412. The fourth-order valence-corrected chi connectivity index (χ4v) is 4.73. The average Bonchev–Trinajstić information content (AvgIpc) is 3.33. The number of hydrogen-bond acceptors (Lipinski definition) is 10. The van der Waals surface area contributed by atoms with Gasteiger partial charge in [-0.1, -0.05) is 0 Å². The number of carbonyl (C=O) groups is 1. The Morgan fingerprint density at radius 3 is 2.58 bits per heavy atom. The predicted octanol–water partition coefficient (Wildman–Crippen LogP) is 3.43. The molecule has 6 rings (SSSR count). The molecule has 198 valence electrons. The number of amides is 1. The number of methoxy groups -OCH3 is 3. The Kier molecular flexibility index (Phi) is 6.14.